The minimum atomic E-state index is -0.175. The van der Waals surface area contributed by atoms with Gasteiger partial charge in [-0.05, 0) is 61.8 Å². The van der Waals surface area contributed by atoms with Gasteiger partial charge in [0.05, 0.1) is 12.3 Å². The van der Waals surface area contributed by atoms with Crippen LogP contribution in [0.3, 0.4) is 0 Å². The lowest BCUT2D eigenvalue weighted by Gasteiger charge is -2.20. The third-order valence-electron chi connectivity index (χ3n) is 5.18. The molecule has 2 aromatic carbocycles. The molecule has 0 atom stereocenters. The first-order chi connectivity index (χ1) is 15.2. The summed E-state index contributed by atoms with van der Waals surface area (Å²) < 4.78 is 19.0. The van der Waals surface area contributed by atoms with Crippen LogP contribution in [0.4, 0.5) is 4.39 Å². The van der Waals surface area contributed by atoms with Crippen LogP contribution in [0.1, 0.15) is 38.2 Å². The predicted octanol–water partition coefficient (Wildman–Crippen LogP) is 5.45. The van der Waals surface area contributed by atoms with E-state index in [2.05, 4.69) is 22.0 Å². The van der Waals surface area contributed by atoms with Crippen molar-refractivity contribution < 1.29 is 14.2 Å². The van der Waals surface area contributed by atoms with Crippen molar-refractivity contribution in [3.8, 4) is 22.9 Å². The Morgan fingerprint density at radius 1 is 0.935 bits per heavy atom. The number of phenolic OH excluding ortho intramolecular Hbond substituents is 1. The molecule has 1 N–H and O–H groups in total. The molecule has 5 nitrogen and oxygen atoms in total. The van der Waals surface area contributed by atoms with Crippen LogP contribution in [0, 0.1) is 5.82 Å². The van der Waals surface area contributed by atoms with Crippen LogP contribution in [0.2, 0.25) is 0 Å². The normalized spacial score (nSPS) is 11.1. The third-order valence-corrected chi connectivity index (χ3v) is 5.18. The molecule has 0 fully saturated rings. The quantitative estimate of drug-likeness (QED) is 0.393. The molecule has 1 heterocycles. The molecule has 0 bridgehead atoms. The maximum atomic E-state index is 13.3. The summed E-state index contributed by atoms with van der Waals surface area (Å²) in [4.78, 5) is 2.34. The van der Waals surface area contributed by atoms with Crippen LogP contribution in [-0.4, -0.2) is 39.9 Å². The summed E-state index contributed by atoms with van der Waals surface area (Å²) in [5, 5.41) is 18.1. The highest BCUT2D eigenvalue weighted by Gasteiger charge is 2.07. The van der Waals surface area contributed by atoms with Crippen molar-refractivity contribution in [3.05, 3.63) is 72.0 Å². The molecule has 0 amide bonds. The molecule has 3 rings (SSSR count). The number of hydrogen-bond acceptors (Lipinski definition) is 5. The molecule has 0 unspecified atom stereocenters. The highest BCUT2D eigenvalue weighted by atomic mass is 19.1. The van der Waals surface area contributed by atoms with Crippen LogP contribution >= 0.6 is 0 Å². The van der Waals surface area contributed by atoms with Gasteiger partial charge in [0.1, 0.15) is 11.6 Å². The number of halogens is 1. The van der Waals surface area contributed by atoms with Crippen LogP contribution < -0.4 is 4.74 Å². The first-order valence-electron chi connectivity index (χ1n) is 10.9. The zero-order chi connectivity index (χ0) is 21.9. The Labute approximate surface area is 183 Å². The van der Waals surface area contributed by atoms with Crippen LogP contribution in [0.5, 0.6) is 11.6 Å². The van der Waals surface area contributed by atoms with E-state index in [4.69, 9.17) is 4.74 Å². The molecule has 31 heavy (non-hydrogen) atoms. The molecule has 0 aliphatic heterocycles. The molecule has 0 spiro atoms. The predicted molar refractivity (Wildman–Crippen MR) is 120 cm³/mol. The Hall–Kier alpha value is -2.99. The summed E-state index contributed by atoms with van der Waals surface area (Å²) in [6.45, 7) is 5.49. The lowest BCUT2D eigenvalue weighted by molar-refractivity contribution is 0.265. The Kier molecular flexibility index (Phi) is 8.79. The van der Waals surface area contributed by atoms with Crippen LogP contribution in [0.15, 0.2) is 60.7 Å². The molecule has 1 aromatic heterocycles. The van der Waals surface area contributed by atoms with Crippen LogP contribution in [0.25, 0.3) is 11.3 Å². The number of para-hydroxylation sites is 1. The summed E-state index contributed by atoms with van der Waals surface area (Å²) in [5.74, 6) is 0.501. The summed E-state index contributed by atoms with van der Waals surface area (Å²) in [5.41, 5.74) is 2.29. The number of aromatic nitrogens is 2. The van der Waals surface area contributed by atoms with E-state index in [1.807, 2.05) is 12.1 Å². The average Bonchev–Trinajstić information content (AvgIpc) is 2.78. The maximum Gasteiger partial charge on any atom is 0.233 e. The zero-order valence-electron chi connectivity index (χ0n) is 18.0. The molecule has 3 aromatic rings. The molecule has 0 radical (unpaired) electrons. The third kappa shape index (κ3) is 7.33. The van der Waals surface area contributed by atoms with Gasteiger partial charge in [0.25, 0.3) is 0 Å². The van der Waals surface area contributed by atoms with Gasteiger partial charge >= 0.3 is 0 Å². The molecule has 0 aliphatic rings. The van der Waals surface area contributed by atoms with Gasteiger partial charge in [-0.25, -0.2) is 4.39 Å². The second-order valence-corrected chi connectivity index (χ2v) is 7.54. The fraction of sp³-hybridized carbons (Fsp3) is 0.360. The largest absolute Gasteiger partial charge is 0.507 e. The number of aromatic hydroxyl groups is 1. The van der Waals surface area contributed by atoms with Crippen molar-refractivity contribution in [2.75, 3.05) is 19.7 Å². The van der Waals surface area contributed by atoms with Gasteiger partial charge < -0.3 is 9.84 Å². The van der Waals surface area contributed by atoms with Gasteiger partial charge in [-0.1, -0.05) is 44.0 Å². The molecular weight excluding hydrogens is 393 g/mol. The fourth-order valence-corrected chi connectivity index (χ4v) is 3.44. The van der Waals surface area contributed by atoms with E-state index >= 15 is 0 Å². The smallest absolute Gasteiger partial charge is 0.233 e. The van der Waals surface area contributed by atoms with E-state index in [1.165, 1.54) is 6.07 Å². The molecule has 0 saturated heterocycles. The summed E-state index contributed by atoms with van der Waals surface area (Å²) in [6, 6.07) is 17.5. The summed E-state index contributed by atoms with van der Waals surface area (Å²) >= 11 is 0. The number of hydrogen-bond donors (Lipinski definition) is 1. The van der Waals surface area contributed by atoms with Crippen molar-refractivity contribution in [2.45, 2.75) is 39.2 Å². The van der Waals surface area contributed by atoms with Gasteiger partial charge in [0.15, 0.2) is 0 Å². The van der Waals surface area contributed by atoms with Crippen molar-refractivity contribution in [3.63, 3.8) is 0 Å². The van der Waals surface area contributed by atoms with E-state index in [0.29, 0.717) is 23.7 Å². The number of phenols is 1. The first-order valence-corrected chi connectivity index (χ1v) is 10.9. The number of ether oxygens (including phenoxy) is 1. The molecule has 6 heteroatoms. The van der Waals surface area contributed by atoms with Gasteiger partial charge in [-0.15, -0.1) is 10.2 Å². The Morgan fingerprint density at radius 2 is 1.77 bits per heavy atom. The molecule has 164 valence electrons. The highest BCUT2D eigenvalue weighted by molar-refractivity contribution is 5.66. The molecular formula is C25H30FN3O2. The van der Waals surface area contributed by atoms with Crippen molar-refractivity contribution >= 4 is 0 Å². The summed E-state index contributed by atoms with van der Waals surface area (Å²) in [7, 11) is 0. The minimum absolute atomic E-state index is 0.175. The second-order valence-electron chi connectivity index (χ2n) is 7.54. The van der Waals surface area contributed by atoms with E-state index < -0.39 is 0 Å². The minimum Gasteiger partial charge on any atom is -0.507 e. The Morgan fingerprint density at radius 3 is 2.52 bits per heavy atom. The van der Waals surface area contributed by atoms with Gasteiger partial charge in [-0.3, -0.25) is 4.90 Å². The first kappa shape index (κ1) is 22.7. The molecule has 0 saturated carbocycles. The second kappa shape index (κ2) is 12.0. The monoisotopic (exact) mass is 423 g/mol. The maximum absolute atomic E-state index is 13.3. The number of unbranched alkanes of at least 4 members (excludes halogenated alkanes) is 3. The van der Waals surface area contributed by atoms with E-state index in [9.17, 15) is 9.50 Å². The Bertz CT molecular complexity index is 934. The molecule has 0 aliphatic carbocycles. The van der Waals surface area contributed by atoms with E-state index in [1.54, 1.807) is 42.5 Å². The van der Waals surface area contributed by atoms with Gasteiger partial charge in [0.2, 0.25) is 5.88 Å². The van der Waals surface area contributed by atoms with Crippen molar-refractivity contribution in [2.24, 2.45) is 0 Å². The number of nitrogens with zero attached hydrogens (tertiary/aromatic N) is 3. The fourth-order valence-electron chi connectivity index (χ4n) is 3.44. The van der Waals surface area contributed by atoms with Crippen LogP contribution in [-0.2, 0) is 6.54 Å². The van der Waals surface area contributed by atoms with E-state index in [-0.39, 0.29) is 11.6 Å². The summed E-state index contributed by atoms with van der Waals surface area (Å²) in [6.07, 6.45) is 4.28. The van der Waals surface area contributed by atoms with Gasteiger partial charge in [-0.2, -0.15) is 0 Å². The standard InChI is InChI=1S/C25H30FN3O2/c1-2-29(19-20-10-9-11-21(26)18-20)16-7-3-4-8-17-31-25-15-14-23(27-28-25)22-12-5-6-13-24(22)30/h5-6,9-15,18,30H,2-4,7-8,16-17,19H2,1H3. The highest BCUT2D eigenvalue weighted by Crippen LogP contribution is 2.26. The van der Waals surface area contributed by atoms with Crippen molar-refractivity contribution in [1.82, 2.24) is 15.1 Å². The number of rotatable bonds is 12. The van der Waals surface area contributed by atoms with Gasteiger partial charge in [0, 0.05) is 18.2 Å². The Balaban J connectivity index is 1.31. The average molecular weight is 424 g/mol. The zero-order valence-corrected chi connectivity index (χ0v) is 18.0. The van der Waals surface area contributed by atoms with Crippen molar-refractivity contribution in [1.29, 1.82) is 0 Å². The lowest BCUT2D eigenvalue weighted by Crippen LogP contribution is -2.24. The van der Waals surface area contributed by atoms with E-state index in [0.717, 1.165) is 50.9 Å². The SMILES string of the molecule is CCN(CCCCCCOc1ccc(-c2ccccc2O)nn1)Cc1cccc(F)c1. The number of benzene rings is 2. The lowest BCUT2D eigenvalue weighted by atomic mass is 10.1. The topological polar surface area (TPSA) is 58.5 Å².